The predicted octanol–water partition coefficient (Wildman–Crippen LogP) is 3.80. The molecule has 0 saturated heterocycles. The minimum Gasteiger partial charge on any atom is -0.429 e. The maximum atomic E-state index is 13.5. The molecular weight excluding hydrogens is 404 g/mol. The van der Waals surface area contributed by atoms with Gasteiger partial charge in [0, 0.05) is 36.4 Å². The first kappa shape index (κ1) is 18.4. The number of hydrogen-bond donors (Lipinski definition) is 1. The van der Waals surface area contributed by atoms with Crippen LogP contribution in [0.4, 0.5) is 0 Å². The first-order chi connectivity index (χ1) is 15.8. The Kier molecular flexibility index (Phi) is 4.28. The maximum absolute atomic E-state index is 13.5. The lowest BCUT2D eigenvalue weighted by molar-refractivity contribution is 0.0655. The van der Waals surface area contributed by atoms with Crippen LogP contribution < -0.4 is 0 Å². The van der Waals surface area contributed by atoms with Crippen LogP contribution in [0, 0.1) is 0 Å². The van der Waals surface area contributed by atoms with Crippen LogP contribution in [0.2, 0.25) is 0 Å². The zero-order valence-corrected chi connectivity index (χ0v) is 17.0. The number of carbonyl (C=O) groups is 1. The Labute approximate surface area is 183 Å². The molecule has 1 aromatic carbocycles. The first-order valence-electron chi connectivity index (χ1n) is 10.3. The topological polar surface area (TPSA) is 101 Å². The zero-order valence-electron chi connectivity index (χ0n) is 17.0. The van der Waals surface area contributed by atoms with E-state index in [0.717, 1.165) is 27.9 Å². The van der Waals surface area contributed by atoms with E-state index < -0.39 is 6.04 Å². The molecule has 8 nitrogen and oxygen atoms in total. The molecule has 0 saturated carbocycles. The number of hydrogen-bond acceptors (Lipinski definition) is 6. The van der Waals surface area contributed by atoms with E-state index in [2.05, 4.69) is 24.9 Å². The number of H-pyrrole nitrogens is 1. The third kappa shape index (κ3) is 3.04. The number of oxazole rings is 1. The van der Waals surface area contributed by atoms with Gasteiger partial charge in [-0.15, -0.1) is 0 Å². The van der Waals surface area contributed by atoms with Crippen molar-refractivity contribution in [1.29, 1.82) is 0 Å². The molecule has 0 bridgehead atoms. The second kappa shape index (κ2) is 7.42. The number of nitrogens with one attached hydrogen (secondary N) is 1. The van der Waals surface area contributed by atoms with Crippen molar-refractivity contribution in [2.24, 2.45) is 0 Å². The molecular formula is C24H18N6O2. The summed E-state index contributed by atoms with van der Waals surface area (Å²) in [5.41, 5.74) is 3.15. The highest BCUT2D eigenvalue weighted by Gasteiger charge is 2.36. The molecule has 5 heterocycles. The summed E-state index contributed by atoms with van der Waals surface area (Å²) in [6.45, 7) is 0.507. The number of fused-ring (bicyclic) bond motifs is 2. The monoisotopic (exact) mass is 422 g/mol. The Hall–Kier alpha value is -4.33. The number of carbonyl (C=O) groups excluding carboxylic acids is 1. The molecule has 1 atom stereocenters. The molecule has 8 heteroatoms. The number of nitrogens with zero attached hydrogens (tertiary/aromatic N) is 5. The molecule has 32 heavy (non-hydrogen) atoms. The van der Waals surface area contributed by atoms with Gasteiger partial charge in [-0.05, 0) is 23.6 Å². The van der Waals surface area contributed by atoms with Crippen molar-refractivity contribution in [3.05, 3.63) is 96.3 Å². The molecule has 0 fully saturated rings. The van der Waals surface area contributed by atoms with Crippen molar-refractivity contribution >= 4 is 16.7 Å². The molecule has 0 aliphatic carbocycles. The van der Waals surface area contributed by atoms with E-state index in [1.54, 1.807) is 23.5 Å². The fraction of sp³-hybridized carbons (Fsp3) is 0.125. The summed E-state index contributed by atoms with van der Waals surface area (Å²) in [6, 6.07) is 15.1. The van der Waals surface area contributed by atoms with Crippen LogP contribution in [0.1, 0.15) is 33.7 Å². The van der Waals surface area contributed by atoms with Gasteiger partial charge in [-0.1, -0.05) is 30.3 Å². The summed E-state index contributed by atoms with van der Waals surface area (Å²) in [4.78, 5) is 36.2. The van der Waals surface area contributed by atoms with Crippen LogP contribution in [0.25, 0.3) is 22.4 Å². The first-order valence-corrected chi connectivity index (χ1v) is 10.3. The summed E-state index contributed by atoms with van der Waals surface area (Å²) < 4.78 is 5.80. The van der Waals surface area contributed by atoms with Crippen molar-refractivity contribution in [1.82, 2.24) is 29.8 Å². The van der Waals surface area contributed by atoms with Crippen LogP contribution in [-0.2, 0) is 6.42 Å². The second-order valence-electron chi connectivity index (χ2n) is 7.62. The number of rotatable bonds is 3. The lowest BCUT2D eigenvalue weighted by Gasteiger charge is -2.34. The van der Waals surface area contributed by atoms with E-state index in [1.807, 2.05) is 48.7 Å². The molecule has 0 radical (unpaired) electrons. The van der Waals surface area contributed by atoms with Gasteiger partial charge in [-0.2, -0.15) is 0 Å². The molecule has 1 amide bonds. The lowest BCUT2D eigenvalue weighted by Crippen LogP contribution is -2.41. The Bertz CT molecular complexity index is 1420. The average molecular weight is 422 g/mol. The van der Waals surface area contributed by atoms with E-state index in [-0.39, 0.29) is 11.7 Å². The van der Waals surface area contributed by atoms with Crippen LogP contribution in [0.5, 0.6) is 0 Å². The lowest BCUT2D eigenvalue weighted by atomic mass is 9.97. The number of amides is 1. The van der Waals surface area contributed by atoms with Crippen molar-refractivity contribution < 1.29 is 9.21 Å². The third-order valence-corrected chi connectivity index (χ3v) is 5.72. The normalized spacial score (nSPS) is 15.6. The molecule has 4 aromatic heterocycles. The Balaban J connectivity index is 1.40. The number of aromatic nitrogens is 5. The highest BCUT2D eigenvalue weighted by atomic mass is 16.4. The van der Waals surface area contributed by atoms with Crippen LogP contribution in [0.3, 0.4) is 0 Å². The Morgan fingerprint density at radius 3 is 2.75 bits per heavy atom. The number of imidazole rings is 1. The Morgan fingerprint density at radius 2 is 1.88 bits per heavy atom. The van der Waals surface area contributed by atoms with Crippen molar-refractivity contribution in [2.75, 3.05) is 6.54 Å². The quantitative estimate of drug-likeness (QED) is 0.475. The van der Waals surface area contributed by atoms with Crippen molar-refractivity contribution in [3.63, 3.8) is 0 Å². The van der Waals surface area contributed by atoms with Crippen LogP contribution >= 0.6 is 0 Å². The molecule has 6 rings (SSSR count). The molecule has 1 aliphatic rings. The van der Waals surface area contributed by atoms with E-state index >= 15 is 0 Å². The minimum atomic E-state index is -0.425. The third-order valence-electron chi connectivity index (χ3n) is 5.72. The van der Waals surface area contributed by atoms with Gasteiger partial charge in [-0.25, -0.2) is 9.97 Å². The van der Waals surface area contributed by atoms with Gasteiger partial charge in [0.1, 0.15) is 11.7 Å². The number of aromatic amines is 1. The molecule has 1 N–H and O–H groups in total. The number of pyridine rings is 2. The largest absolute Gasteiger partial charge is 0.429 e. The SMILES string of the molecule is O=C(c1cnc(-c2ccccn2)o1)N1CCc2[nH]cnc2[C@@H]1c1cc2ccccc2cn1. The van der Waals surface area contributed by atoms with Gasteiger partial charge in [0.05, 0.1) is 23.9 Å². The van der Waals surface area contributed by atoms with Gasteiger partial charge in [0.15, 0.2) is 0 Å². The van der Waals surface area contributed by atoms with Gasteiger partial charge < -0.3 is 14.3 Å². The smallest absolute Gasteiger partial charge is 0.292 e. The highest BCUT2D eigenvalue weighted by molar-refractivity contribution is 5.92. The summed E-state index contributed by atoms with van der Waals surface area (Å²) >= 11 is 0. The molecule has 0 spiro atoms. The van der Waals surface area contributed by atoms with E-state index in [0.29, 0.717) is 24.6 Å². The van der Waals surface area contributed by atoms with Crippen molar-refractivity contribution in [2.45, 2.75) is 12.5 Å². The van der Waals surface area contributed by atoms with Gasteiger partial charge in [-0.3, -0.25) is 14.8 Å². The maximum Gasteiger partial charge on any atom is 0.292 e. The van der Waals surface area contributed by atoms with E-state index in [4.69, 9.17) is 4.42 Å². The summed E-state index contributed by atoms with van der Waals surface area (Å²) in [7, 11) is 0. The molecule has 5 aromatic rings. The predicted molar refractivity (Wildman–Crippen MR) is 117 cm³/mol. The van der Waals surface area contributed by atoms with Gasteiger partial charge in [0.2, 0.25) is 11.7 Å². The average Bonchev–Trinajstić information content (AvgIpc) is 3.53. The standard InChI is InChI=1S/C24H18N6O2/c31-24(20-13-27-23(32-20)18-7-3-4-9-25-18)30-10-8-17-21(29-14-28-17)22(30)19-11-15-5-1-2-6-16(15)12-26-19/h1-7,9,11-14,22H,8,10H2,(H,28,29)/t22-/m0/s1. The summed E-state index contributed by atoms with van der Waals surface area (Å²) in [5.74, 6) is 0.218. The number of benzene rings is 1. The fourth-order valence-electron chi connectivity index (χ4n) is 4.17. The highest BCUT2D eigenvalue weighted by Crippen LogP contribution is 2.34. The molecule has 1 aliphatic heterocycles. The van der Waals surface area contributed by atoms with E-state index in [1.165, 1.54) is 6.20 Å². The molecule has 0 unspecified atom stereocenters. The van der Waals surface area contributed by atoms with Crippen LogP contribution in [-0.4, -0.2) is 42.3 Å². The Morgan fingerprint density at radius 1 is 1.00 bits per heavy atom. The zero-order chi connectivity index (χ0) is 21.5. The minimum absolute atomic E-state index is 0.162. The van der Waals surface area contributed by atoms with Gasteiger partial charge in [0.25, 0.3) is 5.91 Å². The summed E-state index contributed by atoms with van der Waals surface area (Å²) in [5, 5.41) is 2.10. The van der Waals surface area contributed by atoms with Crippen molar-refractivity contribution in [3.8, 4) is 11.6 Å². The second-order valence-corrected chi connectivity index (χ2v) is 7.62. The molecule has 156 valence electrons. The van der Waals surface area contributed by atoms with Crippen LogP contribution in [0.15, 0.2) is 77.9 Å². The fourth-order valence-corrected chi connectivity index (χ4v) is 4.17. The summed E-state index contributed by atoms with van der Waals surface area (Å²) in [6.07, 6.45) is 7.29. The van der Waals surface area contributed by atoms with Gasteiger partial charge >= 0.3 is 0 Å². The van der Waals surface area contributed by atoms with E-state index in [9.17, 15) is 4.79 Å².